The largest absolute Gasteiger partial charge is 0.352 e. The van der Waals surface area contributed by atoms with Crippen molar-refractivity contribution in [3.8, 4) is 0 Å². The maximum atomic E-state index is 11.6. The van der Waals surface area contributed by atoms with Gasteiger partial charge < -0.3 is 10.2 Å². The number of nitrogens with one attached hydrogen (secondary N) is 1. The third kappa shape index (κ3) is 3.56. The molecule has 4 nitrogen and oxygen atoms in total. The van der Waals surface area contributed by atoms with Crippen LogP contribution in [-0.4, -0.2) is 35.8 Å². The van der Waals surface area contributed by atoms with Crippen LogP contribution in [0.1, 0.15) is 31.7 Å². The molecule has 2 amide bonds. The lowest BCUT2D eigenvalue weighted by atomic mass is 9.88. The Hall–Kier alpha value is -1.84. The fraction of sp³-hybridized carbons (Fsp3) is 0.467. The predicted octanol–water partition coefficient (Wildman–Crippen LogP) is 1.53. The molecule has 0 spiro atoms. The molecule has 2 atom stereocenters. The third-order valence-electron chi connectivity index (χ3n) is 3.57. The predicted molar refractivity (Wildman–Crippen MR) is 73.7 cm³/mol. The van der Waals surface area contributed by atoms with Gasteiger partial charge in [-0.15, -0.1) is 0 Å². The van der Waals surface area contributed by atoms with Gasteiger partial charge in [0.05, 0.1) is 0 Å². The number of amides is 2. The highest BCUT2D eigenvalue weighted by molar-refractivity contribution is 5.75. The minimum absolute atomic E-state index is 0.0396. The topological polar surface area (TPSA) is 49.4 Å². The second-order valence-electron chi connectivity index (χ2n) is 5.16. The van der Waals surface area contributed by atoms with Crippen LogP contribution in [0.4, 0.5) is 0 Å². The van der Waals surface area contributed by atoms with Crippen molar-refractivity contribution in [2.45, 2.75) is 32.2 Å². The Kier molecular flexibility index (Phi) is 4.20. The van der Waals surface area contributed by atoms with Crippen molar-refractivity contribution in [1.29, 1.82) is 0 Å². The third-order valence-corrected chi connectivity index (χ3v) is 3.57. The summed E-state index contributed by atoms with van der Waals surface area (Å²) >= 11 is 0. The van der Waals surface area contributed by atoms with Gasteiger partial charge in [-0.2, -0.15) is 0 Å². The van der Waals surface area contributed by atoms with Crippen LogP contribution in [0.15, 0.2) is 30.3 Å². The number of carbonyl (C=O) groups is 2. The Labute approximate surface area is 113 Å². The molecule has 0 saturated carbocycles. The van der Waals surface area contributed by atoms with E-state index in [-0.39, 0.29) is 23.8 Å². The van der Waals surface area contributed by atoms with E-state index in [2.05, 4.69) is 17.4 Å². The Bertz CT molecular complexity index is 458. The first-order chi connectivity index (χ1) is 9.06. The van der Waals surface area contributed by atoms with Gasteiger partial charge in [0.15, 0.2) is 0 Å². The van der Waals surface area contributed by atoms with Crippen molar-refractivity contribution in [2.24, 2.45) is 0 Å². The van der Waals surface area contributed by atoms with Gasteiger partial charge in [0.25, 0.3) is 0 Å². The number of likely N-dealkylation sites (tertiary alicyclic amines) is 1. The molecule has 1 heterocycles. The number of hydrogen-bond donors (Lipinski definition) is 1. The second-order valence-corrected chi connectivity index (χ2v) is 5.16. The van der Waals surface area contributed by atoms with E-state index in [4.69, 9.17) is 0 Å². The van der Waals surface area contributed by atoms with Crippen LogP contribution in [0, 0.1) is 0 Å². The minimum Gasteiger partial charge on any atom is -0.352 e. The van der Waals surface area contributed by atoms with Gasteiger partial charge in [0.1, 0.15) is 0 Å². The Morgan fingerprint density at radius 1 is 1.16 bits per heavy atom. The van der Waals surface area contributed by atoms with Crippen LogP contribution in [0.25, 0.3) is 0 Å². The molecule has 102 valence electrons. The first-order valence-corrected chi connectivity index (χ1v) is 6.64. The van der Waals surface area contributed by atoms with Crippen molar-refractivity contribution >= 4 is 11.8 Å². The van der Waals surface area contributed by atoms with Crippen LogP contribution in [0.5, 0.6) is 0 Å². The summed E-state index contributed by atoms with van der Waals surface area (Å²) in [6.07, 6.45) is 0.882. The second kappa shape index (κ2) is 5.87. The van der Waals surface area contributed by atoms with Crippen LogP contribution >= 0.6 is 0 Å². The van der Waals surface area contributed by atoms with Crippen molar-refractivity contribution in [2.75, 3.05) is 13.1 Å². The highest BCUT2D eigenvalue weighted by Crippen LogP contribution is 2.27. The number of rotatable bonds is 2. The highest BCUT2D eigenvalue weighted by atomic mass is 16.2. The van der Waals surface area contributed by atoms with Crippen LogP contribution < -0.4 is 5.32 Å². The van der Waals surface area contributed by atoms with Gasteiger partial charge >= 0.3 is 0 Å². The fourth-order valence-corrected chi connectivity index (χ4v) is 2.71. The Morgan fingerprint density at radius 3 is 2.42 bits per heavy atom. The van der Waals surface area contributed by atoms with Crippen molar-refractivity contribution in [1.82, 2.24) is 10.2 Å². The first-order valence-electron chi connectivity index (χ1n) is 6.64. The van der Waals surface area contributed by atoms with Gasteiger partial charge in [-0.25, -0.2) is 0 Å². The number of nitrogens with zero attached hydrogens (tertiary/aromatic N) is 1. The van der Waals surface area contributed by atoms with E-state index in [0.29, 0.717) is 6.54 Å². The molecule has 0 radical (unpaired) electrons. The molecule has 1 saturated heterocycles. The SMILES string of the molecule is CC(=O)NC1CC(c2ccccc2)CN(C(C)=O)C1. The molecule has 1 aromatic rings. The normalized spacial score (nSPS) is 22.9. The van der Waals surface area contributed by atoms with Gasteiger partial charge in [0, 0.05) is 38.9 Å². The van der Waals surface area contributed by atoms with Gasteiger partial charge in [0.2, 0.25) is 11.8 Å². The number of carbonyl (C=O) groups excluding carboxylic acids is 2. The van der Waals surface area contributed by atoms with Gasteiger partial charge in [-0.1, -0.05) is 30.3 Å². The number of benzene rings is 1. The van der Waals surface area contributed by atoms with Crippen LogP contribution in [0.3, 0.4) is 0 Å². The summed E-state index contributed by atoms with van der Waals surface area (Å²) in [7, 11) is 0. The molecule has 2 rings (SSSR count). The average Bonchev–Trinajstić information content (AvgIpc) is 2.38. The van der Waals surface area contributed by atoms with Crippen LogP contribution in [0.2, 0.25) is 0 Å². The van der Waals surface area contributed by atoms with E-state index in [1.165, 1.54) is 12.5 Å². The smallest absolute Gasteiger partial charge is 0.219 e. The Morgan fingerprint density at radius 2 is 1.84 bits per heavy atom. The summed E-state index contributed by atoms with van der Waals surface area (Å²) in [6.45, 7) is 4.44. The lowest BCUT2D eigenvalue weighted by molar-refractivity contribution is -0.131. The van der Waals surface area contributed by atoms with E-state index in [1.807, 2.05) is 23.1 Å². The summed E-state index contributed by atoms with van der Waals surface area (Å²) in [5.41, 5.74) is 1.23. The zero-order chi connectivity index (χ0) is 13.8. The van der Waals surface area contributed by atoms with Crippen LogP contribution in [-0.2, 0) is 9.59 Å². The summed E-state index contributed by atoms with van der Waals surface area (Å²) < 4.78 is 0. The molecule has 1 aliphatic rings. The fourth-order valence-electron chi connectivity index (χ4n) is 2.71. The summed E-state index contributed by atoms with van der Waals surface area (Å²) in [4.78, 5) is 24.7. The summed E-state index contributed by atoms with van der Waals surface area (Å²) in [6, 6.07) is 10.2. The highest BCUT2D eigenvalue weighted by Gasteiger charge is 2.29. The molecule has 1 fully saturated rings. The molecule has 0 aromatic heterocycles. The molecule has 19 heavy (non-hydrogen) atoms. The van der Waals surface area contributed by atoms with E-state index in [0.717, 1.165) is 13.0 Å². The van der Waals surface area contributed by atoms with Crippen molar-refractivity contribution < 1.29 is 9.59 Å². The lowest BCUT2D eigenvalue weighted by Gasteiger charge is -2.37. The molecule has 4 heteroatoms. The first kappa shape index (κ1) is 13.6. The van der Waals surface area contributed by atoms with E-state index >= 15 is 0 Å². The average molecular weight is 260 g/mol. The summed E-state index contributed by atoms with van der Waals surface area (Å²) in [5, 5.41) is 2.93. The molecular formula is C15H20N2O2. The lowest BCUT2D eigenvalue weighted by Crippen LogP contribution is -2.51. The van der Waals surface area contributed by atoms with Gasteiger partial charge in [-0.3, -0.25) is 9.59 Å². The monoisotopic (exact) mass is 260 g/mol. The number of piperidine rings is 1. The minimum atomic E-state index is -0.0396. The Balaban J connectivity index is 2.14. The van der Waals surface area contributed by atoms with E-state index in [1.54, 1.807) is 6.92 Å². The molecule has 1 aliphatic heterocycles. The zero-order valence-corrected chi connectivity index (χ0v) is 11.4. The zero-order valence-electron chi connectivity index (χ0n) is 11.4. The standard InChI is InChI=1S/C15H20N2O2/c1-11(18)16-15-8-14(9-17(10-15)12(2)19)13-6-4-3-5-7-13/h3-7,14-15H,8-10H2,1-2H3,(H,16,18). The maximum Gasteiger partial charge on any atom is 0.219 e. The maximum absolute atomic E-state index is 11.6. The van der Waals surface area contributed by atoms with Crippen molar-refractivity contribution in [3.63, 3.8) is 0 Å². The number of hydrogen-bond acceptors (Lipinski definition) is 2. The van der Waals surface area contributed by atoms with Crippen molar-refractivity contribution in [3.05, 3.63) is 35.9 Å². The van der Waals surface area contributed by atoms with E-state index < -0.39 is 0 Å². The molecule has 1 N–H and O–H groups in total. The molecule has 2 unspecified atom stereocenters. The molecular weight excluding hydrogens is 240 g/mol. The van der Waals surface area contributed by atoms with Gasteiger partial charge in [-0.05, 0) is 12.0 Å². The molecule has 0 bridgehead atoms. The quantitative estimate of drug-likeness (QED) is 0.876. The molecule has 0 aliphatic carbocycles. The molecule has 1 aromatic carbocycles. The summed E-state index contributed by atoms with van der Waals surface area (Å²) in [5.74, 6) is 0.314. The van der Waals surface area contributed by atoms with E-state index in [9.17, 15) is 9.59 Å².